The normalized spacial score (nSPS) is 21.2. The number of pyridine rings is 2. The van der Waals surface area contributed by atoms with Crippen molar-refractivity contribution in [2.75, 3.05) is 11.1 Å². The number of amides is 1. The van der Waals surface area contributed by atoms with Crippen LogP contribution in [0, 0.1) is 5.92 Å². The number of alkyl halides is 1. The number of anilines is 2. The Morgan fingerprint density at radius 2 is 2.04 bits per heavy atom. The van der Waals surface area contributed by atoms with E-state index in [4.69, 9.17) is 5.73 Å². The quantitative estimate of drug-likeness (QED) is 0.686. The van der Waals surface area contributed by atoms with Gasteiger partial charge in [-0.1, -0.05) is 0 Å². The van der Waals surface area contributed by atoms with E-state index < -0.39 is 12.1 Å². The first kappa shape index (κ1) is 16.2. The van der Waals surface area contributed by atoms with Crippen LogP contribution in [-0.4, -0.2) is 22.0 Å². The van der Waals surface area contributed by atoms with Crippen molar-refractivity contribution in [1.82, 2.24) is 9.97 Å². The van der Waals surface area contributed by atoms with Gasteiger partial charge < -0.3 is 11.1 Å². The number of benzene rings is 1. The lowest BCUT2D eigenvalue weighted by Gasteiger charge is -2.12. The number of nitrogen functional groups attached to an aromatic ring is 1. The van der Waals surface area contributed by atoms with E-state index in [0.29, 0.717) is 23.8 Å². The van der Waals surface area contributed by atoms with Crippen molar-refractivity contribution < 1.29 is 9.18 Å². The van der Waals surface area contributed by atoms with Crippen LogP contribution >= 0.6 is 0 Å². The molecule has 2 aliphatic carbocycles. The standard InChI is InChI=1S/C21H19FN4O/c22-18-8-15(18)21(27)26-20-7-13-5-12(6-19(23)17(13)10-25-20)14-3-4-24-9-16(14)11-1-2-11/h3-7,9-11,15,18H,1-2,8,23H2,(H,25,26,27)/t15-,18+/m1/s1. The van der Waals surface area contributed by atoms with Crippen LogP contribution in [0.4, 0.5) is 15.9 Å². The molecule has 1 amide bonds. The second-order valence-corrected chi connectivity index (χ2v) is 7.44. The van der Waals surface area contributed by atoms with Gasteiger partial charge in [-0.25, -0.2) is 9.37 Å². The Kier molecular flexibility index (Phi) is 3.60. The molecule has 1 aromatic carbocycles. The van der Waals surface area contributed by atoms with E-state index in [9.17, 15) is 9.18 Å². The molecule has 5 rings (SSSR count). The van der Waals surface area contributed by atoms with Gasteiger partial charge in [-0.05, 0) is 71.5 Å². The molecule has 2 heterocycles. The number of nitrogens with one attached hydrogen (secondary N) is 1. The molecule has 3 aromatic rings. The molecule has 2 aromatic heterocycles. The molecule has 0 bridgehead atoms. The number of hydrogen-bond donors (Lipinski definition) is 2. The number of hydrogen-bond acceptors (Lipinski definition) is 4. The summed E-state index contributed by atoms with van der Waals surface area (Å²) in [5.41, 5.74) is 10.3. The Morgan fingerprint density at radius 1 is 1.22 bits per heavy atom. The molecule has 2 fully saturated rings. The molecule has 0 spiro atoms. The SMILES string of the molecule is Nc1cc(-c2ccncc2C2CC2)cc2cc(NC(=O)[C@@H]3C[C@@H]3F)ncc12. The minimum atomic E-state index is -1.03. The Balaban J connectivity index is 1.54. The molecule has 0 aliphatic heterocycles. The van der Waals surface area contributed by atoms with Crippen LogP contribution in [-0.2, 0) is 4.79 Å². The van der Waals surface area contributed by atoms with Crippen molar-refractivity contribution in [1.29, 1.82) is 0 Å². The van der Waals surface area contributed by atoms with Crippen molar-refractivity contribution in [3.63, 3.8) is 0 Å². The molecule has 2 aliphatic rings. The van der Waals surface area contributed by atoms with Crippen LogP contribution in [0.3, 0.4) is 0 Å². The zero-order chi connectivity index (χ0) is 18.5. The summed E-state index contributed by atoms with van der Waals surface area (Å²) >= 11 is 0. The van der Waals surface area contributed by atoms with Crippen LogP contribution < -0.4 is 11.1 Å². The summed E-state index contributed by atoms with van der Waals surface area (Å²) in [5, 5.41) is 4.42. The second kappa shape index (κ2) is 6.01. The number of nitrogens with two attached hydrogens (primary N) is 1. The average molecular weight is 362 g/mol. The van der Waals surface area contributed by atoms with Crippen molar-refractivity contribution in [3.05, 3.63) is 48.4 Å². The highest BCUT2D eigenvalue weighted by molar-refractivity contribution is 6.00. The van der Waals surface area contributed by atoms with E-state index in [1.807, 2.05) is 18.3 Å². The summed E-state index contributed by atoms with van der Waals surface area (Å²) in [4.78, 5) is 20.5. The topological polar surface area (TPSA) is 80.9 Å². The average Bonchev–Trinajstić information content (AvgIpc) is 3.57. The van der Waals surface area contributed by atoms with Crippen molar-refractivity contribution >= 4 is 28.2 Å². The number of carbonyl (C=O) groups excluding carboxylic acids is 1. The Bertz CT molecular complexity index is 1060. The second-order valence-electron chi connectivity index (χ2n) is 7.44. The van der Waals surface area contributed by atoms with Crippen LogP contribution in [0.25, 0.3) is 21.9 Å². The molecular formula is C21H19FN4O. The lowest BCUT2D eigenvalue weighted by atomic mass is 9.96. The fourth-order valence-electron chi connectivity index (χ4n) is 3.55. The van der Waals surface area contributed by atoms with E-state index in [1.165, 1.54) is 18.4 Å². The molecule has 2 atom stereocenters. The summed E-state index contributed by atoms with van der Waals surface area (Å²) in [6, 6.07) is 7.83. The van der Waals surface area contributed by atoms with Crippen molar-refractivity contribution in [2.24, 2.45) is 5.92 Å². The molecule has 5 nitrogen and oxygen atoms in total. The third-order valence-corrected chi connectivity index (χ3v) is 5.35. The minimum absolute atomic E-state index is 0.294. The summed E-state index contributed by atoms with van der Waals surface area (Å²) in [6.45, 7) is 0. The van der Waals surface area contributed by atoms with Crippen molar-refractivity contribution in [2.45, 2.75) is 31.4 Å². The lowest BCUT2D eigenvalue weighted by Crippen LogP contribution is -2.15. The third-order valence-electron chi connectivity index (χ3n) is 5.35. The number of rotatable bonds is 4. The van der Waals surface area contributed by atoms with E-state index in [0.717, 1.165) is 21.9 Å². The predicted molar refractivity (Wildman–Crippen MR) is 103 cm³/mol. The monoisotopic (exact) mass is 362 g/mol. The van der Waals surface area contributed by atoms with Gasteiger partial charge in [0, 0.05) is 29.7 Å². The van der Waals surface area contributed by atoms with E-state index in [-0.39, 0.29) is 5.91 Å². The van der Waals surface area contributed by atoms with Gasteiger partial charge in [0.15, 0.2) is 0 Å². The van der Waals surface area contributed by atoms with Gasteiger partial charge in [0.25, 0.3) is 0 Å². The molecule has 0 saturated heterocycles. The number of aromatic nitrogens is 2. The highest BCUT2D eigenvalue weighted by Gasteiger charge is 2.43. The molecule has 6 heteroatoms. The highest BCUT2D eigenvalue weighted by atomic mass is 19.1. The third kappa shape index (κ3) is 3.01. The highest BCUT2D eigenvalue weighted by Crippen LogP contribution is 2.44. The van der Waals surface area contributed by atoms with Gasteiger partial charge in [-0.2, -0.15) is 0 Å². The number of carbonyl (C=O) groups is 1. The molecule has 0 radical (unpaired) electrons. The Hall–Kier alpha value is -3.02. The maximum Gasteiger partial charge on any atom is 0.231 e. The summed E-state index contributed by atoms with van der Waals surface area (Å²) in [6.07, 6.45) is 7.04. The number of fused-ring (bicyclic) bond motifs is 1. The zero-order valence-electron chi connectivity index (χ0n) is 14.7. The lowest BCUT2D eigenvalue weighted by molar-refractivity contribution is -0.117. The van der Waals surface area contributed by atoms with Gasteiger partial charge >= 0.3 is 0 Å². The van der Waals surface area contributed by atoms with Crippen molar-refractivity contribution in [3.8, 4) is 11.1 Å². The Morgan fingerprint density at radius 3 is 2.78 bits per heavy atom. The molecular weight excluding hydrogens is 343 g/mol. The predicted octanol–water partition coefficient (Wildman–Crippen LogP) is 4.05. The van der Waals surface area contributed by atoms with Gasteiger partial charge in [0.2, 0.25) is 5.91 Å². The van der Waals surface area contributed by atoms with E-state index in [1.54, 1.807) is 18.5 Å². The summed E-state index contributed by atoms with van der Waals surface area (Å²) < 4.78 is 13.1. The number of nitrogens with zero attached hydrogens (tertiary/aromatic N) is 2. The van der Waals surface area contributed by atoms with Crippen LogP contribution in [0.5, 0.6) is 0 Å². The van der Waals surface area contributed by atoms with Crippen LogP contribution in [0.1, 0.15) is 30.7 Å². The zero-order valence-corrected chi connectivity index (χ0v) is 14.7. The molecule has 0 unspecified atom stereocenters. The minimum Gasteiger partial charge on any atom is -0.398 e. The molecule has 27 heavy (non-hydrogen) atoms. The fourth-order valence-corrected chi connectivity index (χ4v) is 3.55. The van der Waals surface area contributed by atoms with E-state index >= 15 is 0 Å². The molecule has 3 N–H and O–H groups in total. The largest absolute Gasteiger partial charge is 0.398 e. The first-order chi connectivity index (χ1) is 13.1. The maximum absolute atomic E-state index is 13.1. The fraction of sp³-hybridized carbons (Fsp3) is 0.286. The molecule has 2 saturated carbocycles. The van der Waals surface area contributed by atoms with Crippen LogP contribution in [0.2, 0.25) is 0 Å². The van der Waals surface area contributed by atoms with Crippen LogP contribution in [0.15, 0.2) is 42.9 Å². The Labute approximate surface area is 155 Å². The summed E-state index contributed by atoms with van der Waals surface area (Å²) in [7, 11) is 0. The van der Waals surface area contributed by atoms with Gasteiger partial charge in [0.1, 0.15) is 12.0 Å². The first-order valence-electron chi connectivity index (χ1n) is 9.18. The van der Waals surface area contributed by atoms with E-state index in [2.05, 4.69) is 21.4 Å². The van der Waals surface area contributed by atoms with Gasteiger partial charge in [-0.3, -0.25) is 9.78 Å². The molecule has 136 valence electrons. The summed E-state index contributed by atoms with van der Waals surface area (Å²) in [5.74, 6) is 0.130. The smallest absolute Gasteiger partial charge is 0.231 e. The first-order valence-corrected chi connectivity index (χ1v) is 9.18. The number of halogens is 1. The van der Waals surface area contributed by atoms with Gasteiger partial charge in [0.05, 0.1) is 5.92 Å². The maximum atomic E-state index is 13.1. The van der Waals surface area contributed by atoms with Gasteiger partial charge in [-0.15, -0.1) is 0 Å².